The van der Waals surface area contributed by atoms with Gasteiger partial charge in [0.15, 0.2) is 11.5 Å². The van der Waals surface area contributed by atoms with Gasteiger partial charge >= 0.3 is 0 Å². The molecule has 1 aromatic heterocycles. The molecule has 0 atom stereocenters. The highest BCUT2D eigenvalue weighted by atomic mass is 16.1. The summed E-state index contributed by atoms with van der Waals surface area (Å²) in [5.74, 6) is -0.0700. The fourth-order valence-electron chi connectivity index (χ4n) is 2.07. The molecule has 0 unspecified atom stereocenters. The van der Waals surface area contributed by atoms with Gasteiger partial charge in [-0.25, -0.2) is 0 Å². The van der Waals surface area contributed by atoms with Crippen molar-refractivity contribution < 1.29 is 4.79 Å². The molecule has 3 rings (SSSR count). The zero-order valence-electron chi connectivity index (χ0n) is 10.9. The number of benzene rings is 2. The summed E-state index contributed by atoms with van der Waals surface area (Å²) in [7, 11) is 0. The van der Waals surface area contributed by atoms with Crippen molar-refractivity contribution in [3.05, 3.63) is 71.4 Å². The van der Waals surface area contributed by atoms with Crippen LogP contribution >= 0.6 is 0 Å². The van der Waals surface area contributed by atoms with Gasteiger partial charge in [0.05, 0.1) is 0 Å². The molecule has 0 bridgehead atoms. The largest absolute Gasteiger partial charge is 0.289 e. The van der Waals surface area contributed by atoms with Crippen LogP contribution in [0.4, 0.5) is 0 Å². The Kier molecular flexibility index (Phi) is 3.27. The van der Waals surface area contributed by atoms with Crippen molar-refractivity contribution in [1.82, 2.24) is 15.4 Å². The molecule has 5 nitrogen and oxygen atoms in total. The Hall–Kier alpha value is -3.26. The summed E-state index contributed by atoms with van der Waals surface area (Å²) in [6.45, 7) is 0. The van der Waals surface area contributed by atoms with E-state index in [9.17, 15) is 4.79 Å². The fraction of sp³-hybridized carbons (Fsp3) is 0. The van der Waals surface area contributed by atoms with Crippen molar-refractivity contribution in [3.8, 4) is 17.3 Å². The quantitative estimate of drug-likeness (QED) is 0.744. The lowest BCUT2D eigenvalue weighted by Gasteiger charge is -2.03. The lowest BCUT2D eigenvalue weighted by molar-refractivity contribution is 0.103. The van der Waals surface area contributed by atoms with Gasteiger partial charge in [-0.3, -0.25) is 4.79 Å². The number of nitrogens with zero attached hydrogens (tertiary/aromatic N) is 3. The molecule has 21 heavy (non-hydrogen) atoms. The van der Waals surface area contributed by atoms with E-state index in [4.69, 9.17) is 5.26 Å². The molecule has 0 aliphatic rings. The van der Waals surface area contributed by atoms with Gasteiger partial charge in [0.25, 0.3) is 0 Å². The van der Waals surface area contributed by atoms with E-state index in [0.717, 1.165) is 0 Å². The van der Waals surface area contributed by atoms with Crippen LogP contribution in [-0.4, -0.2) is 21.2 Å². The zero-order chi connectivity index (χ0) is 14.7. The van der Waals surface area contributed by atoms with Crippen LogP contribution in [0.15, 0.2) is 54.6 Å². The molecule has 100 valence electrons. The van der Waals surface area contributed by atoms with Crippen molar-refractivity contribution in [2.75, 3.05) is 0 Å². The number of aromatic amines is 1. The standard InChI is InChI=1S/C16H10N4O/c17-10-14-15(19-20-18-14)12-7-4-8-13(9-12)16(21)11-5-2-1-3-6-11/h1-9H,(H,18,19,20). The third-order valence-electron chi connectivity index (χ3n) is 3.09. The molecule has 0 amide bonds. The molecule has 0 aliphatic carbocycles. The number of aromatic nitrogens is 3. The van der Waals surface area contributed by atoms with Gasteiger partial charge in [0, 0.05) is 16.7 Å². The second-order valence-corrected chi connectivity index (χ2v) is 4.41. The van der Waals surface area contributed by atoms with Gasteiger partial charge < -0.3 is 0 Å². The average Bonchev–Trinajstić information content (AvgIpc) is 3.04. The van der Waals surface area contributed by atoms with Gasteiger partial charge in [0.1, 0.15) is 11.8 Å². The first kappa shape index (κ1) is 12.8. The summed E-state index contributed by atoms with van der Waals surface area (Å²) in [5, 5.41) is 19.1. The van der Waals surface area contributed by atoms with E-state index in [0.29, 0.717) is 22.4 Å². The number of carbonyl (C=O) groups excluding carboxylic acids is 1. The molecular formula is C16H10N4O. The lowest BCUT2D eigenvalue weighted by Crippen LogP contribution is -2.01. The number of nitrogens with one attached hydrogen (secondary N) is 1. The maximum atomic E-state index is 12.4. The topological polar surface area (TPSA) is 82.4 Å². The van der Waals surface area contributed by atoms with Crippen LogP contribution in [0, 0.1) is 11.3 Å². The second kappa shape index (κ2) is 5.39. The van der Waals surface area contributed by atoms with Crippen molar-refractivity contribution in [2.45, 2.75) is 0 Å². The molecule has 0 radical (unpaired) electrons. The van der Waals surface area contributed by atoms with E-state index in [2.05, 4.69) is 15.4 Å². The van der Waals surface area contributed by atoms with E-state index in [1.165, 1.54) is 0 Å². The van der Waals surface area contributed by atoms with Crippen molar-refractivity contribution >= 4 is 5.78 Å². The molecule has 0 spiro atoms. The van der Waals surface area contributed by atoms with Gasteiger partial charge in [-0.05, 0) is 6.07 Å². The van der Waals surface area contributed by atoms with E-state index in [1.807, 2.05) is 24.3 Å². The first-order chi connectivity index (χ1) is 10.3. The number of H-pyrrole nitrogens is 1. The monoisotopic (exact) mass is 274 g/mol. The SMILES string of the molecule is N#Cc1n[nH]nc1-c1cccc(C(=O)c2ccccc2)c1. The Morgan fingerprint density at radius 3 is 2.52 bits per heavy atom. The molecule has 2 aromatic carbocycles. The molecular weight excluding hydrogens is 264 g/mol. The zero-order valence-corrected chi connectivity index (χ0v) is 10.9. The number of nitriles is 1. The van der Waals surface area contributed by atoms with E-state index >= 15 is 0 Å². The van der Waals surface area contributed by atoms with Crippen LogP contribution in [0.25, 0.3) is 11.3 Å². The first-order valence-corrected chi connectivity index (χ1v) is 6.30. The molecule has 0 saturated heterocycles. The van der Waals surface area contributed by atoms with Gasteiger partial charge in [0.2, 0.25) is 0 Å². The summed E-state index contributed by atoms with van der Waals surface area (Å²) in [5.41, 5.74) is 2.50. The predicted molar refractivity (Wildman–Crippen MR) is 76.4 cm³/mol. The van der Waals surface area contributed by atoms with Gasteiger partial charge in [-0.15, -0.1) is 5.10 Å². The third kappa shape index (κ3) is 2.42. The second-order valence-electron chi connectivity index (χ2n) is 4.41. The summed E-state index contributed by atoms with van der Waals surface area (Å²) < 4.78 is 0. The summed E-state index contributed by atoms with van der Waals surface area (Å²) >= 11 is 0. The number of hydrogen-bond donors (Lipinski definition) is 1. The highest BCUT2D eigenvalue weighted by molar-refractivity contribution is 6.09. The van der Waals surface area contributed by atoms with Crippen LogP contribution in [-0.2, 0) is 0 Å². The number of rotatable bonds is 3. The fourth-order valence-corrected chi connectivity index (χ4v) is 2.07. The van der Waals surface area contributed by atoms with Crippen molar-refractivity contribution in [2.24, 2.45) is 0 Å². The normalized spacial score (nSPS) is 10.0. The predicted octanol–water partition coefficient (Wildman–Crippen LogP) is 2.57. The minimum Gasteiger partial charge on any atom is -0.289 e. The van der Waals surface area contributed by atoms with Crippen molar-refractivity contribution in [3.63, 3.8) is 0 Å². The summed E-state index contributed by atoms with van der Waals surface area (Å²) in [6, 6.07) is 18.0. The van der Waals surface area contributed by atoms with E-state index in [1.54, 1.807) is 36.4 Å². The maximum absolute atomic E-state index is 12.4. The molecule has 1 heterocycles. The Labute approximate surface area is 120 Å². The third-order valence-corrected chi connectivity index (χ3v) is 3.09. The highest BCUT2D eigenvalue weighted by Crippen LogP contribution is 2.21. The van der Waals surface area contributed by atoms with E-state index < -0.39 is 0 Å². The molecule has 3 aromatic rings. The summed E-state index contributed by atoms with van der Waals surface area (Å²) in [6.07, 6.45) is 0. The van der Waals surface area contributed by atoms with Crippen LogP contribution in [0.5, 0.6) is 0 Å². The molecule has 0 fully saturated rings. The van der Waals surface area contributed by atoms with Crippen LogP contribution in [0.3, 0.4) is 0 Å². The number of carbonyl (C=O) groups is 1. The van der Waals surface area contributed by atoms with Crippen molar-refractivity contribution in [1.29, 1.82) is 5.26 Å². The smallest absolute Gasteiger partial charge is 0.193 e. The first-order valence-electron chi connectivity index (χ1n) is 6.30. The molecule has 1 N–H and O–H groups in total. The number of hydrogen-bond acceptors (Lipinski definition) is 4. The Balaban J connectivity index is 2.02. The Morgan fingerprint density at radius 1 is 1.00 bits per heavy atom. The Morgan fingerprint density at radius 2 is 1.76 bits per heavy atom. The van der Waals surface area contributed by atoms with Crippen LogP contribution in [0.1, 0.15) is 21.6 Å². The molecule has 5 heteroatoms. The number of ketones is 1. The average molecular weight is 274 g/mol. The van der Waals surface area contributed by atoms with Crippen LogP contribution in [0.2, 0.25) is 0 Å². The van der Waals surface area contributed by atoms with Crippen LogP contribution < -0.4 is 0 Å². The van der Waals surface area contributed by atoms with Gasteiger partial charge in [-0.2, -0.15) is 15.6 Å². The minimum atomic E-state index is -0.0700. The van der Waals surface area contributed by atoms with Gasteiger partial charge in [-0.1, -0.05) is 48.5 Å². The molecule has 0 aliphatic heterocycles. The lowest BCUT2D eigenvalue weighted by atomic mass is 10.00. The summed E-state index contributed by atoms with van der Waals surface area (Å²) in [4.78, 5) is 12.4. The minimum absolute atomic E-state index is 0.0700. The maximum Gasteiger partial charge on any atom is 0.193 e. The Bertz CT molecular complexity index is 831. The van der Waals surface area contributed by atoms with E-state index in [-0.39, 0.29) is 11.5 Å². The highest BCUT2D eigenvalue weighted by Gasteiger charge is 2.13. The molecule has 0 saturated carbocycles.